The van der Waals surface area contributed by atoms with Gasteiger partial charge in [-0.15, -0.1) is 0 Å². The van der Waals surface area contributed by atoms with Gasteiger partial charge in [-0.1, -0.05) is 35.3 Å². The Morgan fingerprint density at radius 3 is 2.14 bits per heavy atom. The van der Waals surface area contributed by atoms with Crippen molar-refractivity contribution in [1.82, 2.24) is 4.98 Å². The molecule has 0 atom stereocenters. The van der Waals surface area contributed by atoms with E-state index in [1.165, 1.54) is 50.4 Å². The number of hydrogen-bond acceptors (Lipinski definition) is 5. The molecule has 29 heavy (non-hydrogen) atoms. The zero-order valence-electron chi connectivity index (χ0n) is 15.2. The largest absolute Gasteiger partial charge is 0.465 e. The molecule has 1 aromatic heterocycles. The summed E-state index contributed by atoms with van der Waals surface area (Å²) in [6.07, 6.45) is 0. The minimum Gasteiger partial charge on any atom is -0.465 e. The van der Waals surface area contributed by atoms with Crippen LogP contribution in [0.2, 0.25) is 10.0 Å². The topological polar surface area (TPSA) is 93.3 Å². The van der Waals surface area contributed by atoms with Gasteiger partial charge in [0.15, 0.2) is 5.78 Å². The average molecular weight is 450 g/mol. The number of fused-ring (bicyclic) bond motifs is 1. The molecule has 0 saturated heterocycles. The molecule has 6 nitrogen and oxygen atoms in total. The van der Waals surface area contributed by atoms with Gasteiger partial charge in [-0.25, -0.2) is 9.00 Å². The number of benzene rings is 2. The predicted octanol–water partition coefficient (Wildman–Crippen LogP) is 3.61. The highest BCUT2D eigenvalue weighted by Crippen LogP contribution is 2.28. The van der Waals surface area contributed by atoms with Gasteiger partial charge in [-0.3, -0.25) is 9.59 Å². The van der Waals surface area contributed by atoms with E-state index in [9.17, 15) is 18.6 Å². The molecule has 0 aliphatic carbocycles. The van der Waals surface area contributed by atoms with Crippen LogP contribution in [0.15, 0.2) is 41.2 Å². The van der Waals surface area contributed by atoms with Gasteiger partial charge in [0.25, 0.3) is 0 Å². The van der Waals surface area contributed by atoms with Crippen molar-refractivity contribution in [2.45, 2.75) is 6.92 Å². The smallest absolute Gasteiger partial charge is 0.337 e. The third-order valence-corrected chi connectivity index (χ3v) is 5.52. The van der Waals surface area contributed by atoms with E-state index in [1.54, 1.807) is 0 Å². The molecule has 0 fully saturated rings. The summed E-state index contributed by atoms with van der Waals surface area (Å²) in [6.45, 7) is 1.23. The molecule has 0 bridgehead atoms. The number of pyridine rings is 1. The normalized spacial score (nSPS) is 10.6. The lowest BCUT2D eigenvalue weighted by Crippen LogP contribution is -2.22. The van der Waals surface area contributed by atoms with Crippen molar-refractivity contribution in [3.63, 3.8) is 0 Å². The van der Waals surface area contributed by atoms with Crippen LogP contribution in [0.5, 0.6) is 0 Å². The van der Waals surface area contributed by atoms with Crippen molar-refractivity contribution in [2.75, 3.05) is 7.11 Å². The number of methoxy groups -OCH3 is 1. The molecule has 0 spiro atoms. The summed E-state index contributed by atoms with van der Waals surface area (Å²) >= 11 is 12.5. The number of rotatable bonds is 4. The van der Waals surface area contributed by atoms with Gasteiger partial charge < -0.3 is 9.72 Å². The summed E-state index contributed by atoms with van der Waals surface area (Å²) in [5, 5.41) is 0.428. The number of nitrogens with one attached hydrogen (secondary N) is 1. The number of Topliss-reactive ketones (excluding diaryl/α,β-unsaturated/α-hetero) is 1. The molecular weight excluding hydrogens is 437 g/mol. The second-order valence-electron chi connectivity index (χ2n) is 6.02. The van der Waals surface area contributed by atoms with Crippen molar-refractivity contribution >= 4 is 62.0 Å². The minimum absolute atomic E-state index is 0.0463. The van der Waals surface area contributed by atoms with Gasteiger partial charge in [-0.2, -0.15) is 0 Å². The maximum Gasteiger partial charge on any atom is 0.337 e. The van der Waals surface area contributed by atoms with Crippen LogP contribution in [0.25, 0.3) is 10.9 Å². The molecule has 0 unspecified atom stereocenters. The van der Waals surface area contributed by atoms with Crippen LogP contribution in [0.4, 0.5) is 0 Å². The Bertz CT molecular complexity index is 1270. The van der Waals surface area contributed by atoms with Crippen molar-refractivity contribution in [1.29, 1.82) is 0 Å². The number of aromatic nitrogens is 1. The first-order valence-corrected chi connectivity index (χ1v) is 9.70. The van der Waals surface area contributed by atoms with Crippen LogP contribution in [-0.2, 0) is 16.0 Å². The number of ether oxygens (including phenoxy) is 1. The zero-order chi connectivity index (χ0) is 21.3. The van der Waals surface area contributed by atoms with Crippen molar-refractivity contribution < 1.29 is 18.5 Å². The van der Waals surface area contributed by atoms with Crippen molar-refractivity contribution in [3.8, 4) is 0 Å². The van der Waals surface area contributed by atoms with Crippen molar-refractivity contribution in [2.24, 2.45) is 0 Å². The van der Waals surface area contributed by atoms with Gasteiger partial charge in [0.05, 0.1) is 61.0 Å². The highest BCUT2D eigenvalue weighted by atomic mass is 35.5. The van der Waals surface area contributed by atoms with Crippen LogP contribution in [0, 0.1) is 0 Å². The first-order valence-electron chi connectivity index (χ1n) is 8.21. The minimum atomic E-state index is -0.619. The molecule has 0 radical (unpaired) electrons. The third-order valence-electron chi connectivity index (χ3n) is 4.29. The van der Waals surface area contributed by atoms with Crippen LogP contribution in [0.1, 0.15) is 38.9 Å². The summed E-state index contributed by atoms with van der Waals surface area (Å²) in [7, 11) is 1.26. The Hall–Kier alpha value is -2.74. The van der Waals surface area contributed by atoms with Crippen LogP contribution in [-0.4, -0.2) is 32.9 Å². The van der Waals surface area contributed by atoms with E-state index < -0.39 is 17.2 Å². The number of carbonyl (C=O) groups excluding carboxylic acids is 2. The predicted molar refractivity (Wildman–Crippen MR) is 114 cm³/mol. The second-order valence-corrected chi connectivity index (χ2v) is 7.41. The molecule has 1 N–H and O–H groups in total. The monoisotopic (exact) mass is 449 g/mol. The number of hydrogen-bond donors (Lipinski definition) is 1. The zero-order valence-corrected chi connectivity index (χ0v) is 17.5. The first kappa shape index (κ1) is 21.0. The molecular formula is C20H13Cl2NO5S. The molecule has 2 aromatic carbocycles. The van der Waals surface area contributed by atoms with Crippen LogP contribution in [0.3, 0.4) is 0 Å². The lowest BCUT2D eigenvalue weighted by molar-refractivity contribution is 0.0600. The van der Waals surface area contributed by atoms with Crippen molar-refractivity contribution in [3.05, 3.63) is 79.1 Å². The Kier molecular flexibility index (Phi) is 6.02. The molecule has 0 amide bonds. The number of esters is 1. The molecule has 1 heterocycles. The number of aromatic amines is 1. The van der Waals surface area contributed by atoms with Crippen LogP contribution >= 0.6 is 23.2 Å². The number of H-pyrrole nitrogens is 1. The number of halogens is 2. The van der Waals surface area contributed by atoms with Crippen LogP contribution < -0.4 is 5.43 Å². The van der Waals surface area contributed by atoms with Gasteiger partial charge >= 0.3 is 5.97 Å². The Morgan fingerprint density at radius 1 is 1.00 bits per heavy atom. The fourth-order valence-corrected chi connectivity index (χ4v) is 3.85. The SMILES string of the molecule is COC(=O)c1ccc(C(=S=O)c2[nH]c3c(Cl)ccc(Cl)c3c(=O)c2C(C)=O)cc1. The average Bonchev–Trinajstić information content (AvgIpc) is 2.70. The summed E-state index contributed by atoms with van der Waals surface area (Å²) in [5.41, 5.74) is 0.156. The molecule has 3 aromatic rings. The molecule has 3 rings (SSSR count). The van der Waals surface area contributed by atoms with Gasteiger partial charge in [0, 0.05) is 0 Å². The van der Waals surface area contributed by atoms with E-state index in [4.69, 9.17) is 23.2 Å². The Morgan fingerprint density at radius 2 is 1.59 bits per heavy atom. The van der Waals surface area contributed by atoms with Gasteiger partial charge in [0.2, 0.25) is 5.43 Å². The lowest BCUT2D eigenvalue weighted by atomic mass is 9.99. The summed E-state index contributed by atoms with van der Waals surface area (Å²) in [4.78, 5) is 40.0. The fraction of sp³-hybridized carbons (Fsp3) is 0.100. The molecule has 0 aliphatic rings. The van der Waals surface area contributed by atoms with Gasteiger partial charge in [0.1, 0.15) is 0 Å². The van der Waals surface area contributed by atoms with E-state index in [1.807, 2.05) is 0 Å². The quantitative estimate of drug-likeness (QED) is 0.373. The summed E-state index contributed by atoms with van der Waals surface area (Å²) < 4.78 is 16.6. The molecule has 148 valence electrons. The first-order chi connectivity index (χ1) is 13.8. The van der Waals surface area contributed by atoms with Gasteiger partial charge in [-0.05, 0) is 36.8 Å². The third kappa shape index (κ3) is 3.76. The maximum absolute atomic E-state index is 13.0. The van der Waals surface area contributed by atoms with E-state index in [0.717, 1.165) is 0 Å². The molecule has 9 heteroatoms. The van der Waals surface area contributed by atoms with E-state index >= 15 is 0 Å². The summed E-state index contributed by atoms with van der Waals surface area (Å²) in [5.74, 6) is -1.06. The second kappa shape index (κ2) is 8.32. The van der Waals surface area contributed by atoms with E-state index in [-0.39, 0.29) is 48.3 Å². The molecule has 0 saturated carbocycles. The fourth-order valence-electron chi connectivity index (χ4n) is 2.94. The standard InChI is InChI=1S/C20H13Cl2NO5S/c1-9(24)14-17(23-16-13(22)8-7-12(21)15(16)18(14)25)19(29-27)10-3-5-11(6-4-10)20(26)28-2/h3-8H,1-2H3,(H,23,25). The Balaban J connectivity index is 2.32. The molecule has 0 aliphatic heterocycles. The number of carbonyl (C=O) groups is 2. The van der Waals surface area contributed by atoms with E-state index in [2.05, 4.69) is 9.72 Å². The maximum atomic E-state index is 13.0. The Labute approximate surface area is 178 Å². The number of ketones is 1. The lowest BCUT2D eigenvalue weighted by Gasteiger charge is -2.12. The van der Waals surface area contributed by atoms with E-state index in [0.29, 0.717) is 11.1 Å². The highest BCUT2D eigenvalue weighted by molar-refractivity contribution is 7.67. The highest BCUT2D eigenvalue weighted by Gasteiger charge is 2.23. The summed E-state index contributed by atoms with van der Waals surface area (Å²) in [6, 6.07) is 8.98.